The molecule has 0 bridgehead atoms. The van der Waals surface area contributed by atoms with Crippen LogP contribution in [0.1, 0.15) is 22.7 Å². The van der Waals surface area contributed by atoms with E-state index in [2.05, 4.69) is 23.5 Å². The quantitative estimate of drug-likeness (QED) is 0.438. The summed E-state index contributed by atoms with van der Waals surface area (Å²) in [5.74, 6) is 0.738. The maximum absolute atomic E-state index is 13.4. The van der Waals surface area contributed by atoms with E-state index in [1.54, 1.807) is 7.11 Å². The van der Waals surface area contributed by atoms with Gasteiger partial charge in [-0.15, -0.1) is 11.8 Å². The fourth-order valence-corrected chi connectivity index (χ4v) is 5.74. The number of nitrogens with one attached hydrogen (secondary N) is 1. The Balaban J connectivity index is 1.54. The van der Waals surface area contributed by atoms with Gasteiger partial charge in [-0.25, -0.2) is 0 Å². The van der Waals surface area contributed by atoms with Crippen LogP contribution in [0.15, 0.2) is 76.6 Å². The third-order valence-corrected chi connectivity index (χ3v) is 7.36. The number of methoxy groups -OCH3 is 1. The van der Waals surface area contributed by atoms with E-state index >= 15 is 0 Å². The fourth-order valence-electron chi connectivity index (χ4n) is 4.44. The Hall–Kier alpha value is -3.71. The van der Waals surface area contributed by atoms with Crippen molar-refractivity contribution in [3.05, 3.63) is 93.8 Å². The van der Waals surface area contributed by atoms with E-state index in [-0.39, 0.29) is 17.2 Å². The predicted octanol–water partition coefficient (Wildman–Crippen LogP) is 4.78. The highest BCUT2D eigenvalue weighted by Crippen LogP contribution is 2.43. The van der Waals surface area contributed by atoms with E-state index in [0.717, 1.165) is 21.9 Å². The molecule has 1 unspecified atom stereocenters. The third-order valence-electron chi connectivity index (χ3n) is 6.22. The molecule has 1 aliphatic heterocycles. The minimum Gasteiger partial charge on any atom is -0.494 e. The number of carbonyl (C=O) groups is 1. The SMILES string of the molecule is COc1c(Cc2cccc3ccccc23)c(N)c(=O)n2c1SCC2C(=O)Nc1ccc(C)cc1. The molecule has 0 spiro atoms. The van der Waals surface area contributed by atoms with Crippen molar-refractivity contribution >= 4 is 39.8 Å². The molecular weight excluding hydrogens is 446 g/mol. The number of carbonyl (C=O) groups excluding carboxylic acids is 1. The summed E-state index contributed by atoms with van der Waals surface area (Å²) in [6.45, 7) is 1.99. The normalized spacial score (nSPS) is 14.7. The van der Waals surface area contributed by atoms with Gasteiger partial charge in [-0.05, 0) is 35.4 Å². The van der Waals surface area contributed by atoms with Gasteiger partial charge in [0.25, 0.3) is 5.56 Å². The summed E-state index contributed by atoms with van der Waals surface area (Å²) in [6.07, 6.45) is 0.459. The van der Waals surface area contributed by atoms with Gasteiger partial charge in [-0.1, -0.05) is 60.2 Å². The molecule has 1 amide bonds. The van der Waals surface area contributed by atoms with Crippen molar-refractivity contribution in [3.8, 4) is 5.75 Å². The molecule has 0 aliphatic carbocycles. The number of rotatable bonds is 5. The number of ether oxygens (including phenoxy) is 1. The molecular formula is C27H25N3O3S. The van der Waals surface area contributed by atoms with Crippen LogP contribution in [0.25, 0.3) is 10.8 Å². The monoisotopic (exact) mass is 471 g/mol. The molecule has 172 valence electrons. The van der Waals surface area contributed by atoms with Gasteiger partial charge in [0.05, 0.1) is 7.11 Å². The number of thioether (sulfide) groups is 1. The molecule has 34 heavy (non-hydrogen) atoms. The number of amides is 1. The number of benzene rings is 3. The second-order valence-corrected chi connectivity index (χ2v) is 9.41. The first-order valence-corrected chi connectivity index (χ1v) is 12.0. The van der Waals surface area contributed by atoms with Crippen molar-refractivity contribution in [2.24, 2.45) is 0 Å². The van der Waals surface area contributed by atoms with Crippen molar-refractivity contribution in [3.63, 3.8) is 0 Å². The summed E-state index contributed by atoms with van der Waals surface area (Å²) in [7, 11) is 1.58. The summed E-state index contributed by atoms with van der Waals surface area (Å²) < 4.78 is 7.26. The minimum atomic E-state index is -0.670. The molecule has 2 heterocycles. The highest BCUT2D eigenvalue weighted by atomic mass is 32.2. The van der Waals surface area contributed by atoms with Gasteiger partial charge in [0, 0.05) is 23.4 Å². The Morgan fingerprint density at radius 1 is 1.12 bits per heavy atom. The molecule has 0 fully saturated rings. The highest BCUT2D eigenvalue weighted by molar-refractivity contribution is 7.99. The van der Waals surface area contributed by atoms with Gasteiger partial charge in [-0.2, -0.15) is 0 Å². The maximum atomic E-state index is 13.4. The number of aromatic nitrogens is 1. The van der Waals surface area contributed by atoms with Crippen molar-refractivity contribution in [1.82, 2.24) is 4.57 Å². The van der Waals surface area contributed by atoms with Crippen LogP contribution in [-0.2, 0) is 11.2 Å². The van der Waals surface area contributed by atoms with Gasteiger partial charge in [0.15, 0.2) is 5.75 Å². The van der Waals surface area contributed by atoms with E-state index in [1.807, 2.05) is 55.5 Å². The number of pyridine rings is 1. The number of nitrogens with zero attached hydrogens (tertiary/aromatic N) is 1. The van der Waals surface area contributed by atoms with E-state index in [0.29, 0.717) is 34.2 Å². The summed E-state index contributed by atoms with van der Waals surface area (Å²) >= 11 is 1.44. The van der Waals surface area contributed by atoms with Crippen LogP contribution in [0, 0.1) is 6.92 Å². The number of hydrogen-bond acceptors (Lipinski definition) is 5. The number of fused-ring (bicyclic) bond motifs is 2. The third kappa shape index (κ3) is 3.82. The smallest absolute Gasteiger partial charge is 0.275 e. The lowest BCUT2D eigenvalue weighted by Gasteiger charge is -2.19. The molecule has 1 atom stereocenters. The molecule has 6 nitrogen and oxygen atoms in total. The van der Waals surface area contributed by atoms with Crippen molar-refractivity contribution < 1.29 is 9.53 Å². The first kappa shape index (κ1) is 22.1. The lowest BCUT2D eigenvalue weighted by atomic mass is 9.97. The molecule has 3 N–H and O–H groups in total. The Labute approximate surface area is 201 Å². The zero-order valence-electron chi connectivity index (χ0n) is 19.0. The first-order chi connectivity index (χ1) is 16.5. The van der Waals surface area contributed by atoms with E-state index in [4.69, 9.17) is 10.5 Å². The average molecular weight is 472 g/mol. The standard InChI is InChI=1S/C27H25N3O3S/c1-16-10-12-19(13-11-16)29-25(31)22-15-34-27-24(33-2)21(23(28)26(32)30(22)27)14-18-8-5-7-17-6-3-4-9-20(17)18/h3-13,22H,14-15,28H2,1-2H3,(H,29,31). The Morgan fingerprint density at radius 3 is 2.62 bits per heavy atom. The van der Waals surface area contributed by atoms with E-state index < -0.39 is 6.04 Å². The molecule has 0 saturated heterocycles. The summed E-state index contributed by atoms with van der Waals surface area (Å²) in [5.41, 5.74) is 9.66. The zero-order chi connectivity index (χ0) is 23.8. The van der Waals surface area contributed by atoms with Gasteiger partial charge in [0.1, 0.15) is 16.8 Å². The fraction of sp³-hybridized carbons (Fsp3) is 0.185. The Bertz CT molecular complexity index is 1460. The molecule has 0 saturated carbocycles. The number of nitrogen functional groups attached to an aromatic ring is 1. The molecule has 5 rings (SSSR count). The van der Waals surface area contributed by atoms with Crippen molar-refractivity contribution in [2.45, 2.75) is 24.4 Å². The molecule has 1 aliphatic rings. The Kier molecular flexibility index (Phi) is 5.79. The van der Waals surface area contributed by atoms with Crippen LogP contribution in [0.2, 0.25) is 0 Å². The lowest BCUT2D eigenvalue weighted by Crippen LogP contribution is -2.34. The largest absolute Gasteiger partial charge is 0.494 e. The van der Waals surface area contributed by atoms with E-state index in [9.17, 15) is 9.59 Å². The minimum absolute atomic E-state index is 0.115. The van der Waals surface area contributed by atoms with Crippen LogP contribution in [0.5, 0.6) is 5.75 Å². The zero-order valence-corrected chi connectivity index (χ0v) is 19.8. The second-order valence-electron chi connectivity index (χ2n) is 8.40. The number of hydrogen-bond donors (Lipinski definition) is 2. The highest BCUT2D eigenvalue weighted by Gasteiger charge is 2.35. The molecule has 0 radical (unpaired) electrons. The molecule has 1 aromatic heterocycles. The van der Waals surface area contributed by atoms with Gasteiger partial charge in [0.2, 0.25) is 5.91 Å². The van der Waals surface area contributed by atoms with Crippen molar-refractivity contribution in [2.75, 3.05) is 23.9 Å². The topological polar surface area (TPSA) is 86.3 Å². The van der Waals surface area contributed by atoms with Gasteiger partial charge in [-0.3, -0.25) is 14.2 Å². The first-order valence-electron chi connectivity index (χ1n) is 11.1. The van der Waals surface area contributed by atoms with Gasteiger partial charge >= 0.3 is 0 Å². The number of aryl methyl sites for hydroxylation is 1. The van der Waals surface area contributed by atoms with Crippen LogP contribution in [0.3, 0.4) is 0 Å². The van der Waals surface area contributed by atoms with Gasteiger partial charge < -0.3 is 15.8 Å². The summed E-state index contributed by atoms with van der Waals surface area (Å²) in [4.78, 5) is 26.5. The van der Waals surface area contributed by atoms with E-state index in [1.165, 1.54) is 16.3 Å². The maximum Gasteiger partial charge on any atom is 0.275 e. The number of nitrogens with two attached hydrogens (primary N) is 1. The Morgan fingerprint density at radius 2 is 1.85 bits per heavy atom. The molecule has 7 heteroatoms. The summed E-state index contributed by atoms with van der Waals surface area (Å²) in [5, 5.41) is 5.79. The average Bonchev–Trinajstić information content (AvgIpc) is 3.29. The summed E-state index contributed by atoms with van der Waals surface area (Å²) in [6, 6.07) is 21.1. The van der Waals surface area contributed by atoms with Crippen LogP contribution in [0.4, 0.5) is 11.4 Å². The van der Waals surface area contributed by atoms with Crippen LogP contribution < -0.4 is 21.3 Å². The van der Waals surface area contributed by atoms with Crippen LogP contribution >= 0.6 is 11.8 Å². The molecule has 4 aromatic rings. The molecule has 3 aromatic carbocycles. The van der Waals surface area contributed by atoms with Crippen LogP contribution in [-0.4, -0.2) is 23.3 Å². The predicted molar refractivity (Wildman–Crippen MR) is 138 cm³/mol. The lowest BCUT2D eigenvalue weighted by molar-refractivity contribution is -0.118. The second kappa shape index (κ2) is 8.91. The van der Waals surface area contributed by atoms with Crippen molar-refractivity contribution in [1.29, 1.82) is 0 Å². The number of anilines is 2.